The van der Waals surface area contributed by atoms with E-state index in [4.69, 9.17) is 16.3 Å². The van der Waals surface area contributed by atoms with Crippen LogP contribution in [0.15, 0.2) is 42.5 Å². The fourth-order valence-electron chi connectivity index (χ4n) is 1.71. The number of rotatable bonds is 3. The van der Waals surface area contributed by atoms with E-state index in [0.717, 1.165) is 6.07 Å². The summed E-state index contributed by atoms with van der Waals surface area (Å²) in [6, 6.07) is 9.81. The van der Waals surface area contributed by atoms with Gasteiger partial charge in [0.2, 0.25) is 0 Å². The fraction of sp³-hybridized carbons (Fsp3) is 0.0667. The summed E-state index contributed by atoms with van der Waals surface area (Å²) in [5.41, 5.74) is 0.438. The second-order valence-corrected chi connectivity index (χ2v) is 4.70. The molecule has 2 rings (SSSR count). The molecule has 0 aliphatic rings. The standard InChI is InChI=1S/C15H12ClFN2O3/c1-22-13-6-5-9(16)7-12(13)19-15(21)14(20)18-11-4-2-3-10(17)8-11/h2-8H,1H3,(H,18,20)(H,19,21). The molecule has 0 spiro atoms. The van der Waals surface area contributed by atoms with E-state index in [2.05, 4.69) is 10.6 Å². The number of nitrogens with one attached hydrogen (secondary N) is 2. The third-order valence-electron chi connectivity index (χ3n) is 2.70. The Morgan fingerprint density at radius 1 is 1.09 bits per heavy atom. The Kier molecular flexibility index (Phi) is 4.95. The monoisotopic (exact) mass is 322 g/mol. The second kappa shape index (κ2) is 6.91. The van der Waals surface area contributed by atoms with Crippen LogP contribution in [0.1, 0.15) is 0 Å². The Morgan fingerprint density at radius 2 is 1.82 bits per heavy atom. The molecule has 0 bridgehead atoms. The van der Waals surface area contributed by atoms with Crippen molar-refractivity contribution in [3.8, 4) is 5.75 Å². The summed E-state index contributed by atoms with van der Waals surface area (Å²) in [5.74, 6) is -2.02. The van der Waals surface area contributed by atoms with E-state index in [9.17, 15) is 14.0 Å². The van der Waals surface area contributed by atoms with Crippen LogP contribution in [-0.2, 0) is 9.59 Å². The lowest BCUT2D eigenvalue weighted by Crippen LogP contribution is -2.29. The van der Waals surface area contributed by atoms with Crippen molar-refractivity contribution in [1.82, 2.24) is 0 Å². The van der Waals surface area contributed by atoms with Crippen molar-refractivity contribution >= 4 is 34.8 Å². The molecule has 0 saturated heterocycles. The average Bonchev–Trinajstić information content (AvgIpc) is 2.47. The maximum absolute atomic E-state index is 13.0. The van der Waals surface area contributed by atoms with Crippen molar-refractivity contribution in [1.29, 1.82) is 0 Å². The number of methoxy groups -OCH3 is 1. The van der Waals surface area contributed by atoms with Gasteiger partial charge in [-0.25, -0.2) is 4.39 Å². The van der Waals surface area contributed by atoms with E-state index in [-0.39, 0.29) is 11.4 Å². The maximum atomic E-state index is 13.0. The third kappa shape index (κ3) is 3.95. The molecule has 0 radical (unpaired) electrons. The van der Waals surface area contributed by atoms with Crippen LogP contribution in [-0.4, -0.2) is 18.9 Å². The van der Waals surface area contributed by atoms with Crippen molar-refractivity contribution in [2.45, 2.75) is 0 Å². The highest BCUT2D eigenvalue weighted by molar-refractivity contribution is 6.44. The lowest BCUT2D eigenvalue weighted by Gasteiger charge is -2.10. The predicted molar refractivity (Wildman–Crippen MR) is 81.7 cm³/mol. The Balaban J connectivity index is 2.09. The van der Waals surface area contributed by atoms with E-state index >= 15 is 0 Å². The van der Waals surface area contributed by atoms with Crippen LogP contribution >= 0.6 is 11.6 Å². The highest BCUT2D eigenvalue weighted by atomic mass is 35.5. The average molecular weight is 323 g/mol. The first-order valence-electron chi connectivity index (χ1n) is 6.21. The lowest BCUT2D eigenvalue weighted by atomic mass is 10.3. The van der Waals surface area contributed by atoms with Crippen molar-refractivity contribution in [2.75, 3.05) is 17.7 Å². The molecule has 0 saturated carbocycles. The van der Waals surface area contributed by atoms with Crippen LogP contribution in [0.4, 0.5) is 15.8 Å². The van der Waals surface area contributed by atoms with Crippen LogP contribution in [0.25, 0.3) is 0 Å². The quantitative estimate of drug-likeness (QED) is 0.853. The summed E-state index contributed by atoms with van der Waals surface area (Å²) in [7, 11) is 1.42. The number of halogens is 2. The first-order valence-corrected chi connectivity index (χ1v) is 6.59. The summed E-state index contributed by atoms with van der Waals surface area (Å²) in [5, 5.41) is 5.05. The molecule has 0 fully saturated rings. The number of amides is 2. The highest BCUT2D eigenvalue weighted by Crippen LogP contribution is 2.27. The Hall–Kier alpha value is -2.60. The van der Waals surface area contributed by atoms with Crippen LogP contribution in [0.3, 0.4) is 0 Å². The Labute approximate surface area is 131 Å². The summed E-state index contributed by atoms with van der Waals surface area (Å²) < 4.78 is 18.1. The van der Waals surface area contributed by atoms with Gasteiger partial charge in [0.05, 0.1) is 12.8 Å². The number of anilines is 2. The van der Waals surface area contributed by atoms with Crippen LogP contribution in [0, 0.1) is 5.82 Å². The molecule has 0 unspecified atom stereocenters. The summed E-state index contributed by atoms with van der Waals surface area (Å²) >= 11 is 5.83. The van der Waals surface area contributed by atoms with E-state index in [1.165, 1.54) is 31.4 Å². The number of hydrogen-bond donors (Lipinski definition) is 2. The zero-order valence-corrected chi connectivity index (χ0v) is 12.3. The first kappa shape index (κ1) is 15.8. The van der Waals surface area contributed by atoms with E-state index in [1.807, 2.05) is 0 Å². The van der Waals surface area contributed by atoms with Gasteiger partial charge in [0, 0.05) is 10.7 Å². The van der Waals surface area contributed by atoms with Crippen LogP contribution in [0.2, 0.25) is 5.02 Å². The van der Waals surface area contributed by atoms with Gasteiger partial charge in [-0.1, -0.05) is 17.7 Å². The molecule has 2 amide bonds. The molecule has 22 heavy (non-hydrogen) atoms. The number of carbonyl (C=O) groups excluding carboxylic acids is 2. The van der Waals surface area contributed by atoms with Gasteiger partial charge in [0.15, 0.2) is 0 Å². The number of hydrogen-bond acceptors (Lipinski definition) is 3. The van der Waals surface area contributed by atoms with Crippen molar-refractivity contribution in [3.05, 3.63) is 53.3 Å². The van der Waals surface area contributed by atoms with Gasteiger partial charge >= 0.3 is 11.8 Å². The van der Waals surface area contributed by atoms with Crippen molar-refractivity contribution < 1.29 is 18.7 Å². The van der Waals surface area contributed by atoms with E-state index < -0.39 is 17.6 Å². The molecule has 114 valence electrons. The van der Waals surface area contributed by atoms with Crippen LogP contribution < -0.4 is 15.4 Å². The maximum Gasteiger partial charge on any atom is 0.314 e. The second-order valence-electron chi connectivity index (χ2n) is 4.26. The predicted octanol–water partition coefficient (Wildman–Crippen LogP) is 3.06. The number of carbonyl (C=O) groups is 2. The zero-order valence-electron chi connectivity index (χ0n) is 11.5. The summed E-state index contributed by atoms with van der Waals surface area (Å²) in [6.45, 7) is 0. The molecule has 7 heteroatoms. The summed E-state index contributed by atoms with van der Waals surface area (Å²) in [4.78, 5) is 23.7. The topological polar surface area (TPSA) is 67.4 Å². The SMILES string of the molecule is COc1ccc(Cl)cc1NC(=O)C(=O)Nc1cccc(F)c1. The number of ether oxygens (including phenoxy) is 1. The van der Waals surface area contributed by atoms with Crippen LogP contribution in [0.5, 0.6) is 5.75 Å². The van der Waals surface area contributed by atoms with Gasteiger partial charge in [-0.15, -0.1) is 0 Å². The molecule has 5 nitrogen and oxygen atoms in total. The molecule has 2 aromatic rings. The molecule has 0 aliphatic heterocycles. The van der Waals surface area contributed by atoms with Crippen molar-refractivity contribution in [2.24, 2.45) is 0 Å². The minimum Gasteiger partial charge on any atom is -0.495 e. The minimum absolute atomic E-state index is 0.179. The molecule has 0 aliphatic carbocycles. The summed E-state index contributed by atoms with van der Waals surface area (Å²) in [6.07, 6.45) is 0. The van der Waals surface area contributed by atoms with Gasteiger partial charge in [0.25, 0.3) is 0 Å². The fourth-order valence-corrected chi connectivity index (χ4v) is 1.88. The van der Waals surface area contributed by atoms with Crippen molar-refractivity contribution in [3.63, 3.8) is 0 Å². The minimum atomic E-state index is -0.937. The van der Waals surface area contributed by atoms with Gasteiger partial charge in [-0.3, -0.25) is 9.59 Å². The Bertz CT molecular complexity index is 722. The molecule has 0 atom stereocenters. The van der Waals surface area contributed by atoms with E-state index in [1.54, 1.807) is 12.1 Å². The van der Waals surface area contributed by atoms with Gasteiger partial charge in [-0.2, -0.15) is 0 Å². The van der Waals surface area contributed by atoms with Gasteiger partial charge < -0.3 is 15.4 Å². The molecule has 2 N–H and O–H groups in total. The largest absolute Gasteiger partial charge is 0.495 e. The molecular formula is C15H12ClFN2O3. The smallest absolute Gasteiger partial charge is 0.314 e. The molecule has 0 aromatic heterocycles. The number of benzene rings is 2. The van der Waals surface area contributed by atoms with E-state index in [0.29, 0.717) is 10.8 Å². The third-order valence-corrected chi connectivity index (χ3v) is 2.93. The molecule has 2 aromatic carbocycles. The highest BCUT2D eigenvalue weighted by Gasteiger charge is 2.16. The first-order chi connectivity index (χ1) is 10.5. The lowest BCUT2D eigenvalue weighted by molar-refractivity contribution is -0.133. The van der Waals surface area contributed by atoms with Gasteiger partial charge in [0.1, 0.15) is 11.6 Å². The molecule has 0 heterocycles. The molecular weight excluding hydrogens is 311 g/mol. The normalized spacial score (nSPS) is 9.95. The zero-order chi connectivity index (χ0) is 16.1. The Morgan fingerprint density at radius 3 is 2.50 bits per heavy atom. The van der Waals surface area contributed by atoms with Gasteiger partial charge in [-0.05, 0) is 36.4 Å².